The van der Waals surface area contributed by atoms with Crippen molar-refractivity contribution in [3.8, 4) is 11.5 Å². The Labute approximate surface area is 139 Å². The van der Waals surface area contributed by atoms with E-state index < -0.39 is 0 Å². The molecule has 0 radical (unpaired) electrons. The van der Waals surface area contributed by atoms with Gasteiger partial charge in [-0.1, -0.05) is 12.1 Å². The van der Waals surface area contributed by atoms with Crippen LogP contribution in [0.3, 0.4) is 0 Å². The Bertz CT molecular complexity index is 756. The summed E-state index contributed by atoms with van der Waals surface area (Å²) in [5, 5.41) is 5.55. The second-order valence-corrected chi connectivity index (χ2v) is 5.42. The molecule has 6 heteroatoms. The van der Waals surface area contributed by atoms with Crippen molar-refractivity contribution in [2.45, 2.75) is 13.5 Å². The largest absolute Gasteiger partial charge is 0.486 e. The number of ether oxygens (including phenoxy) is 2. The molecular formula is C18H18N2O4. The summed E-state index contributed by atoms with van der Waals surface area (Å²) in [7, 11) is 0. The van der Waals surface area contributed by atoms with Gasteiger partial charge in [0, 0.05) is 30.8 Å². The van der Waals surface area contributed by atoms with Crippen molar-refractivity contribution in [2.24, 2.45) is 0 Å². The minimum atomic E-state index is -0.210. The van der Waals surface area contributed by atoms with E-state index in [0.717, 1.165) is 5.56 Å². The zero-order valence-corrected chi connectivity index (χ0v) is 13.3. The summed E-state index contributed by atoms with van der Waals surface area (Å²) in [6.07, 6.45) is 0. The quantitative estimate of drug-likeness (QED) is 0.904. The number of nitrogens with one attached hydrogen (secondary N) is 2. The number of fused-ring (bicyclic) bond motifs is 1. The van der Waals surface area contributed by atoms with E-state index in [4.69, 9.17) is 9.47 Å². The number of carbonyl (C=O) groups excluding carboxylic acids is 2. The second kappa shape index (κ2) is 7.04. The molecule has 24 heavy (non-hydrogen) atoms. The van der Waals surface area contributed by atoms with Gasteiger partial charge in [0.15, 0.2) is 11.5 Å². The molecule has 0 aromatic heterocycles. The Kier molecular flexibility index (Phi) is 4.65. The van der Waals surface area contributed by atoms with Crippen LogP contribution in [0.1, 0.15) is 22.8 Å². The minimum absolute atomic E-state index is 0.0876. The van der Waals surface area contributed by atoms with Crippen molar-refractivity contribution in [3.63, 3.8) is 0 Å². The number of rotatable bonds is 4. The third-order valence-corrected chi connectivity index (χ3v) is 3.56. The zero-order chi connectivity index (χ0) is 16.9. The topological polar surface area (TPSA) is 76.7 Å². The number of carbonyl (C=O) groups is 2. The third-order valence-electron chi connectivity index (χ3n) is 3.56. The molecule has 0 atom stereocenters. The lowest BCUT2D eigenvalue weighted by molar-refractivity contribution is -0.119. The highest BCUT2D eigenvalue weighted by Crippen LogP contribution is 2.32. The summed E-state index contributed by atoms with van der Waals surface area (Å²) < 4.78 is 11.0. The fraction of sp³-hybridized carbons (Fsp3) is 0.222. The molecular weight excluding hydrogens is 308 g/mol. The van der Waals surface area contributed by atoms with E-state index in [1.54, 1.807) is 30.3 Å². The number of hydrogen-bond acceptors (Lipinski definition) is 4. The van der Waals surface area contributed by atoms with Gasteiger partial charge in [-0.2, -0.15) is 0 Å². The molecule has 1 heterocycles. The lowest BCUT2D eigenvalue weighted by Crippen LogP contribution is -2.19. The van der Waals surface area contributed by atoms with Crippen LogP contribution in [0.4, 0.5) is 5.69 Å². The van der Waals surface area contributed by atoms with Crippen molar-refractivity contribution in [3.05, 3.63) is 53.6 Å². The molecule has 0 bridgehead atoms. The number of benzene rings is 2. The molecule has 0 saturated heterocycles. The van der Waals surface area contributed by atoms with E-state index in [-0.39, 0.29) is 11.8 Å². The van der Waals surface area contributed by atoms with Gasteiger partial charge in [-0.25, -0.2) is 0 Å². The van der Waals surface area contributed by atoms with Crippen LogP contribution in [0.25, 0.3) is 0 Å². The first kappa shape index (κ1) is 15.9. The third kappa shape index (κ3) is 3.84. The molecule has 6 nitrogen and oxygen atoms in total. The fourth-order valence-electron chi connectivity index (χ4n) is 2.32. The van der Waals surface area contributed by atoms with E-state index in [1.165, 1.54) is 6.92 Å². The average Bonchev–Trinajstić information content (AvgIpc) is 2.60. The number of amides is 2. The summed E-state index contributed by atoms with van der Waals surface area (Å²) in [6.45, 7) is 2.94. The van der Waals surface area contributed by atoms with Crippen LogP contribution in [0.2, 0.25) is 0 Å². The molecule has 0 saturated carbocycles. The molecule has 0 fully saturated rings. The van der Waals surface area contributed by atoms with Gasteiger partial charge in [-0.15, -0.1) is 0 Å². The van der Waals surface area contributed by atoms with E-state index in [9.17, 15) is 9.59 Å². The molecule has 3 rings (SSSR count). The minimum Gasteiger partial charge on any atom is -0.486 e. The summed E-state index contributed by atoms with van der Waals surface area (Å²) in [5.41, 5.74) is 2.11. The molecule has 2 aromatic carbocycles. The Balaban J connectivity index is 1.65. The van der Waals surface area contributed by atoms with Crippen LogP contribution >= 0.6 is 0 Å². The summed E-state index contributed by atoms with van der Waals surface area (Å²) >= 11 is 0. The first-order valence-electron chi connectivity index (χ1n) is 7.66. The number of anilines is 1. The van der Waals surface area contributed by atoms with Gasteiger partial charge in [0.1, 0.15) is 13.2 Å². The first-order chi connectivity index (χ1) is 11.6. The van der Waals surface area contributed by atoms with E-state index in [1.807, 2.05) is 12.1 Å². The van der Waals surface area contributed by atoms with Crippen molar-refractivity contribution < 1.29 is 19.1 Å². The lowest BCUT2D eigenvalue weighted by Gasteiger charge is -2.19. The van der Waals surface area contributed by atoms with Crippen LogP contribution in [0, 0.1) is 0 Å². The molecule has 2 amide bonds. The van der Waals surface area contributed by atoms with Crippen molar-refractivity contribution in [1.29, 1.82) is 0 Å². The normalized spacial score (nSPS) is 12.4. The van der Waals surface area contributed by atoms with Crippen molar-refractivity contribution in [1.82, 2.24) is 5.32 Å². The van der Waals surface area contributed by atoms with Gasteiger partial charge in [0.25, 0.3) is 5.91 Å². The van der Waals surface area contributed by atoms with Gasteiger partial charge < -0.3 is 20.1 Å². The highest BCUT2D eigenvalue weighted by molar-refractivity contribution is 6.04. The monoisotopic (exact) mass is 326 g/mol. The molecule has 124 valence electrons. The molecule has 0 unspecified atom stereocenters. The van der Waals surface area contributed by atoms with E-state index >= 15 is 0 Å². The maximum atomic E-state index is 12.3. The predicted molar refractivity (Wildman–Crippen MR) is 89.3 cm³/mol. The molecule has 0 spiro atoms. The Morgan fingerprint density at radius 1 is 1.00 bits per heavy atom. The molecule has 2 aromatic rings. The standard InChI is InChI=1S/C18H18N2O4/c1-12(21)19-11-13-2-4-14(5-3-13)18(22)20-15-6-7-16-17(10-15)24-9-8-23-16/h2-7,10H,8-9,11H2,1H3,(H,19,21)(H,20,22). The average molecular weight is 326 g/mol. The summed E-state index contributed by atoms with van der Waals surface area (Å²) in [4.78, 5) is 23.2. The maximum Gasteiger partial charge on any atom is 0.255 e. The zero-order valence-electron chi connectivity index (χ0n) is 13.3. The maximum absolute atomic E-state index is 12.3. The highest BCUT2D eigenvalue weighted by Gasteiger charge is 2.13. The summed E-state index contributed by atoms with van der Waals surface area (Å²) in [6, 6.07) is 12.4. The van der Waals surface area contributed by atoms with Crippen LogP contribution in [0.5, 0.6) is 11.5 Å². The highest BCUT2D eigenvalue weighted by atomic mass is 16.6. The van der Waals surface area contributed by atoms with Crippen LogP contribution < -0.4 is 20.1 Å². The van der Waals surface area contributed by atoms with Crippen LogP contribution in [0.15, 0.2) is 42.5 Å². The molecule has 1 aliphatic rings. The van der Waals surface area contributed by atoms with Crippen molar-refractivity contribution in [2.75, 3.05) is 18.5 Å². The van der Waals surface area contributed by atoms with E-state index in [2.05, 4.69) is 10.6 Å². The molecule has 0 aliphatic carbocycles. The molecule has 1 aliphatic heterocycles. The second-order valence-electron chi connectivity index (χ2n) is 5.42. The lowest BCUT2D eigenvalue weighted by atomic mass is 10.1. The Morgan fingerprint density at radius 3 is 2.42 bits per heavy atom. The first-order valence-corrected chi connectivity index (χ1v) is 7.66. The fourth-order valence-corrected chi connectivity index (χ4v) is 2.32. The van der Waals surface area contributed by atoms with Gasteiger partial charge in [0.2, 0.25) is 5.91 Å². The van der Waals surface area contributed by atoms with Gasteiger partial charge in [-0.3, -0.25) is 9.59 Å². The SMILES string of the molecule is CC(=O)NCc1ccc(C(=O)Nc2ccc3c(c2)OCCO3)cc1. The Hall–Kier alpha value is -3.02. The van der Waals surface area contributed by atoms with Crippen LogP contribution in [-0.2, 0) is 11.3 Å². The summed E-state index contributed by atoms with van der Waals surface area (Å²) in [5.74, 6) is 1.01. The predicted octanol–water partition coefficient (Wildman–Crippen LogP) is 2.35. The van der Waals surface area contributed by atoms with Gasteiger partial charge in [-0.05, 0) is 29.8 Å². The van der Waals surface area contributed by atoms with Crippen LogP contribution in [-0.4, -0.2) is 25.0 Å². The van der Waals surface area contributed by atoms with Gasteiger partial charge in [0.05, 0.1) is 0 Å². The van der Waals surface area contributed by atoms with E-state index in [0.29, 0.717) is 42.5 Å². The smallest absolute Gasteiger partial charge is 0.255 e. The Morgan fingerprint density at radius 2 is 1.71 bits per heavy atom. The van der Waals surface area contributed by atoms with Gasteiger partial charge >= 0.3 is 0 Å². The molecule has 2 N–H and O–H groups in total. The van der Waals surface area contributed by atoms with Crippen molar-refractivity contribution >= 4 is 17.5 Å². The number of hydrogen-bond donors (Lipinski definition) is 2.